The third-order valence-electron chi connectivity index (χ3n) is 3.64. The van der Waals surface area contributed by atoms with Crippen LogP contribution < -0.4 is 5.32 Å². The molecule has 0 fully saturated rings. The molecule has 3 aromatic rings. The van der Waals surface area contributed by atoms with Gasteiger partial charge in [-0.15, -0.1) is 11.3 Å². The molecule has 0 saturated heterocycles. The highest BCUT2D eigenvalue weighted by Crippen LogP contribution is 2.24. The van der Waals surface area contributed by atoms with Crippen molar-refractivity contribution < 1.29 is 14.3 Å². The Labute approximate surface area is 148 Å². The molecular formula is C17H18N4O3S. The number of carbonyl (C=O) groups excluding carboxylic acids is 2. The molecule has 0 spiro atoms. The highest BCUT2D eigenvalue weighted by molar-refractivity contribution is 7.20. The Kier molecular flexibility index (Phi) is 5.08. The van der Waals surface area contributed by atoms with Crippen molar-refractivity contribution in [3.05, 3.63) is 47.5 Å². The highest BCUT2D eigenvalue weighted by Gasteiger charge is 2.24. The fourth-order valence-corrected chi connectivity index (χ4v) is 3.38. The molecule has 1 N–H and O–H groups in total. The Morgan fingerprint density at radius 2 is 2.24 bits per heavy atom. The van der Waals surface area contributed by atoms with Crippen molar-refractivity contribution in [1.82, 2.24) is 19.9 Å². The van der Waals surface area contributed by atoms with E-state index in [1.807, 2.05) is 25.1 Å². The Morgan fingerprint density at radius 1 is 1.40 bits per heavy atom. The second kappa shape index (κ2) is 7.43. The van der Waals surface area contributed by atoms with E-state index in [2.05, 4.69) is 15.3 Å². The first-order valence-electron chi connectivity index (χ1n) is 7.88. The van der Waals surface area contributed by atoms with Gasteiger partial charge in [0.2, 0.25) is 0 Å². The number of rotatable bonds is 6. The van der Waals surface area contributed by atoms with Crippen LogP contribution in [0, 0.1) is 6.92 Å². The number of carbonyl (C=O) groups is 2. The summed E-state index contributed by atoms with van der Waals surface area (Å²) in [5, 5.41) is 3.05. The van der Waals surface area contributed by atoms with Gasteiger partial charge in [0.05, 0.1) is 29.7 Å². The van der Waals surface area contributed by atoms with Crippen molar-refractivity contribution in [2.24, 2.45) is 0 Å². The van der Waals surface area contributed by atoms with Crippen LogP contribution in [0.15, 0.2) is 36.9 Å². The number of esters is 1. The van der Waals surface area contributed by atoms with E-state index < -0.39 is 17.9 Å². The minimum atomic E-state index is -0.810. The average molecular weight is 358 g/mol. The average Bonchev–Trinajstić information content (AvgIpc) is 3.24. The van der Waals surface area contributed by atoms with Gasteiger partial charge in [0, 0.05) is 12.4 Å². The molecule has 1 unspecified atom stereocenters. The van der Waals surface area contributed by atoms with E-state index in [0.717, 1.165) is 15.8 Å². The van der Waals surface area contributed by atoms with E-state index >= 15 is 0 Å². The standard InChI is InChI=1S/C17H18N4O3S/c1-3-24-17(23)12(9-21-8-7-18-10-21)19-15(22)16-20-14-11(2)5-4-6-13(14)25-16/h4-8,10,12H,3,9H2,1-2H3,(H,19,22). The fraction of sp³-hybridized carbons (Fsp3) is 0.294. The fourth-order valence-electron chi connectivity index (χ4n) is 2.43. The van der Waals surface area contributed by atoms with E-state index in [9.17, 15) is 9.59 Å². The first-order valence-corrected chi connectivity index (χ1v) is 8.69. The second-order valence-electron chi connectivity index (χ2n) is 5.48. The Hall–Kier alpha value is -2.74. The molecule has 1 atom stereocenters. The SMILES string of the molecule is CCOC(=O)C(Cn1ccnc1)NC(=O)c1nc2c(C)cccc2s1. The summed E-state index contributed by atoms with van der Waals surface area (Å²) in [6.07, 6.45) is 4.92. The minimum Gasteiger partial charge on any atom is -0.464 e. The summed E-state index contributed by atoms with van der Waals surface area (Å²) in [6, 6.07) is 4.99. The number of amides is 1. The summed E-state index contributed by atoms with van der Waals surface area (Å²) in [7, 11) is 0. The number of thiazole rings is 1. The predicted molar refractivity (Wildman–Crippen MR) is 94.5 cm³/mol. The molecule has 7 nitrogen and oxygen atoms in total. The zero-order valence-electron chi connectivity index (χ0n) is 13.9. The predicted octanol–water partition coefficient (Wildman–Crippen LogP) is 2.16. The van der Waals surface area contributed by atoms with Crippen LogP contribution in [0.5, 0.6) is 0 Å². The van der Waals surface area contributed by atoms with Gasteiger partial charge in [-0.1, -0.05) is 12.1 Å². The smallest absolute Gasteiger partial charge is 0.330 e. The van der Waals surface area contributed by atoms with Gasteiger partial charge >= 0.3 is 5.97 Å². The molecule has 0 radical (unpaired) electrons. The lowest BCUT2D eigenvalue weighted by Gasteiger charge is -2.17. The molecular weight excluding hydrogens is 340 g/mol. The highest BCUT2D eigenvalue weighted by atomic mass is 32.1. The third kappa shape index (κ3) is 3.85. The van der Waals surface area contributed by atoms with Crippen LogP contribution in [0.3, 0.4) is 0 Å². The maximum absolute atomic E-state index is 12.6. The van der Waals surface area contributed by atoms with Gasteiger partial charge in [0.15, 0.2) is 5.01 Å². The van der Waals surface area contributed by atoms with Gasteiger partial charge in [-0.3, -0.25) is 4.79 Å². The van der Waals surface area contributed by atoms with Crippen LogP contribution in [0.4, 0.5) is 0 Å². The molecule has 130 valence electrons. The van der Waals surface area contributed by atoms with E-state index in [1.54, 1.807) is 30.2 Å². The number of nitrogens with one attached hydrogen (secondary N) is 1. The molecule has 0 bridgehead atoms. The molecule has 25 heavy (non-hydrogen) atoms. The lowest BCUT2D eigenvalue weighted by Crippen LogP contribution is -2.44. The largest absolute Gasteiger partial charge is 0.464 e. The van der Waals surface area contributed by atoms with Crippen LogP contribution in [-0.4, -0.2) is 39.1 Å². The molecule has 1 aromatic carbocycles. The van der Waals surface area contributed by atoms with Gasteiger partial charge in [-0.25, -0.2) is 14.8 Å². The number of hydrogen-bond donors (Lipinski definition) is 1. The maximum atomic E-state index is 12.6. The van der Waals surface area contributed by atoms with E-state index in [0.29, 0.717) is 5.01 Å². The van der Waals surface area contributed by atoms with Crippen LogP contribution in [0.2, 0.25) is 0 Å². The van der Waals surface area contributed by atoms with Crippen molar-refractivity contribution >= 4 is 33.4 Å². The second-order valence-corrected chi connectivity index (χ2v) is 6.51. The summed E-state index contributed by atoms with van der Waals surface area (Å²) in [6.45, 7) is 4.17. The summed E-state index contributed by atoms with van der Waals surface area (Å²) in [5.41, 5.74) is 1.81. The molecule has 0 aliphatic rings. The Morgan fingerprint density at radius 3 is 2.92 bits per heavy atom. The van der Waals surface area contributed by atoms with Crippen molar-refractivity contribution in [3.63, 3.8) is 0 Å². The zero-order chi connectivity index (χ0) is 17.8. The Balaban J connectivity index is 1.80. The molecule has 8 heteroatoms. The van der Waals surface area contributed by atoms with Gasteiger partial charge in [-0.05, 0) is 25.5 Å². The van der Waals surface area contributed by atoms with Crippen LogP contribution in [0.1, 0.15) is 22.3 Å². The van der Waals surface area contributed by atoms with Crippen LogP contribution in [-0.2, 0) is 16.1 Å². The zero-order valence-corrected chi connectivity index (χ0v) is 14.7. The molecule has 2 aromatic heterocycles. The van der Waals surface area contributed by atoms with Gasteiger partial charge in [0.25, 0.3) is 5.91 Å². The van der Waals surface area contributed by atoms with E-state index in [1.165, 1.54) is 11.3 Å². The van der Waals surface area contributed by atoms with Gasteiger partial charge in [-0.2, -0.15) is 0 Å². The topological polar surface area (TPSA) is 86.1 Å². The quantitative estimate of drug-likeness (QED) is 0.683. The number of nitrogens with zero attached hydrogens (tertiary/aromatic N) is 3. The number of aryl methyl sites for hydroxylation is 1. The number of aromatic nitrogens is 3. The lowest BCUT2D eigenvalue weighted by atomic mass is 10.2. The molecule has 3 rings (SSSR count). The van der Waals surface area contributed by atoms with Gasteiger partial charge < -0.3 is 14.6 Å². The molecule has 1 amide bonds. The monoisotopic (exact) mass is 358 g/mol. The van der Waals surface area contributed by atoms with Crippen LogP contribution >= 0.6 is 11.3 Å². The number of ether oxygens (including phenoxy) is 1. The Bertz CT molecular complexity index is 889. The van der Waals surface area contributed by atoms with Crippen LogP contribution in [0.25, 0.3) is 10.2 Å². The first kappa shape index (κ1) is 17.1. The minimum absolute atomic E-state index is 0.245. The summed E-state index contributed by atoms with van der Waals surface area (Å²) < 4.78 is 7.71. The number of hydrogen-bond acceptors (Lipinski definition) is 6. The summed E-state index contributed by atoms with van der Waals surface area (Å²) >= 11 is 1.30. The maximum Gasteiger partial charge on any atom is 0.330 e. The molecule has 0 saturated carbocycles. The molecule has 2 heterocycles. The number of benzene rings is 1. The van der Waals surface area contributed by atoms with Crippen molar-refractivity contribution in [1.29, 1.82) is 0 Å². The summed E-state index contributed by atoms with van der Waals surface area (Å²) in [5.74, 6) is -0.874. The molecule has 0 aliphatic heterocycles. The van der Waals surface area contributed by atoms with E-state index in [4.69, 9.17) is 4.74 Å². The summed E-state index contributed by atoms with van der Waals surface area (Å²) in [4.78, 5) is 33.1. The molecule has 0 aliphatic carbocycles. The third-order valence-corrected chi connectivity index (χ3v) is 4.66. The number of imidazole rings is 1. The number of fused-ring (bicyclic) bond motifs is 1. The number of para-hydroxylation sites is 1. The normalized spacial score (nSPS) is 12.1. The lowest BCUT2D eigenvalue weighted by molar-refractivity contribution is -0.145. The van der Waals surface area contributed by atoms with E-state index in [-0.39, 0.29) is 13.2 Å². The van der Waals surface area contributed by atoms with Crippen molar-refractivity contribution in [2.45, 2.75) is 26.4 Å². The van der Waals surface area contributed by atoms with Crippen molar-refractivity contribution in [2.75, 3.05) is 6.61 Å². The van der Waals surface area contributed by atoms with Crippen molar-refractivity contribution in [3.8, 4) is 0 Å². The van der Waals surface area contributed by atoms with Gasteiger partial charge in [0.1, 0.15) is 6.04 Å². The first-order chi connectivity index (χ1) is 12.1.